The summed E-state index contributed by atoms with van der Waals surface area (Å²) in [6, 6.07) is 15.7. The van der Waals surface area contributed by atoms with Gasteiger partial charge in [0, 0.05) is 17.7 Å². The van der Waals surface area contributed by atoms with Gasteiger partial charge in [0.15, 0.2) is 0 Å². The molecule has 0 fully saturated rings. The summed E-state index contributed by atoms with van der Waals surface area (Å²) in [5.74, 6) is -0.678. The molecule has 0 radical (unpaired) electrons. The number of aromatic hydroxyl groups is 2. The number of aliphatic hydroxyl groups excluding tert-OH is 1. The quantitative estimate of drug-likeness (QED) is 0.332. The topological polar surface area (TPSA) is 60.7 Å². The lowest BCUT2D eigenvalue weighted by molar-refractivity contribution is 0.297. The minimum atomic E-state index is -0.473. The van der Waals surface area contributed by atoms with Crippen LogP contribution in [0.5, 0.6) is 11.5 Å². The van der Waals surface area contributed by atoms with Gasteiger partial charge in [-0.1, -0.05) is 56.2 Å². The van der Waals surface area contributed by atoms with E-state index in [1.54, 1.807) is 6.07 Å². The summed E-state index contributed by atoms with van der Waals surface area (Å²) in [6.45, 7) is 2.04. The van der Waals surface area contributed by atoms with E-state index in [1.807, 2.05) is 18.2 Å². The molecule has 152 valence electrons. The molecule has 3 nitrogen and oxygen atoms in total. The van der Waals surface area contributed by atoms with Gasteiger partial charge in [-0.05, 0) is 59.7 Å². The van der Waals surface area contributed by atoms with E-state index in [4.69, 9.17) is 5.11 Å². The molecular weight excluding hydrogens is 367 g/mol. The maximum atomic E-state index is 14.8. The Hall–Kier alpha value is -2.85. The summed E-state index contributed by atoms with van der Waals surface area (Å²) in [6.07, 6.45) is 4.86. The van der Waals surface area contributed by atoms with Crippen LogP contribution in [-0.2, 0) is 12.8 Å². The maximum absolute atomic E-state index is 14.8. The van der Waals surface area contributed by atoms with Crippen LogP contribution < -0.4 is 0 Å². The Morgan fingerprint density at radius 1 is 0.759 bits per heavy atom. The molecule has 0 saturated heterocycles. The number of hydrogen-bond donors (Lipinski definition) is 3. The van der Waals surface area contributed by atoms with Crippen molar-refractivity contribution in [2.24, 2.45) is 0 Å². The lowest BCUT2D eigenvalue weighted by Crippen LogP contribution is -1.93. The van der Waals surface area contributed by atoms with Gasteiger partial charge in [0.2, 0.25) is 0 Å². The molecule has 0 saturated carbocycles. The molecule has 4 heteroatoms. The molecule has 0 bridgehead atoms. The normalized spacial score (nSPS) is 11.0. The van der Waals surface area contributed by atoms with E-state index < -0.39 is 5.82 Å². The van der Waals surface area contributed by atoms with Gasteiger partial charge in [-0.25, -0.2) is 4.39 Å². The first-order chi connectivity index (χ1) is 14.0. The van der Waals surface area contributed by atoms with Gasteiger partial charge in [0.05, 0.1) is 0 Å². The summed E-state index contributed by atoms with van der Waals surface area (Å²) < 4.78 is 14.8. The third-order valence-electron chi connectivity index (χ3n) is 5.19. The van der Waals surface area contributed by atoms with Gasteiger partial charge in [-0.2, -0.15) is 0 Å². The second kappa shape index (κ2) is 9.57. The Morgan fingerprint density at radius 2 is 1.48 bits per heavy atom. The number of unbranched alkanes of at least 4 members (excludes halogenated alkanes) is 2. The molecule has 0 heterocycles. The minimum absolute atomic E-state index is 0.0750. The largest absolute Gasteiger partial charge is 0.508 e. The highest BCUT2D eigenvalue weighted by molar-refractivity contribution is 5.76. The standard InChI is InChI=1S/C25H27FO3/c1-2-3-4-5-17-6-8-18(9-7-17)19-10-11-21(23(26)14-19)22-16-24(28)20(12-13-27)15-25(22)29/h6-11,14-16,27-29H,2-5,12-13H2,1H3. The molecule has 0 aliphatic rings. The van der Waals surface area contributed by atoms with Crippen LogP contribution in [-0.4, -0.2) is 21.9 Å². The van der Waals surface area contributed by atoms with Crippen molar-refractivity contribution >= 4 is 0 Å². The van der Waals surface area contributed by atoms with Gasteiger partial charge in [-0.3, -0.25) is 0 Å². The lowest BCUT2D eigenvalue weighted by Gasteiger charge is -2.12. The molecule has 0 aromatic heterocycles. The second-order valence-electron chi connectivity index (χ2n) is 7.32. The number of aryl methyl sites for hydroxylation is 1. The molecule has 0 spiro atoms. The maximum Gasteiger partial charge on any atom is 0.131 e. The molecule has 0 unspecified atom stereocenters. The molecule has 0 atom stereocenters. The van der Waals surface area contributed by atoms with Crippen LogP contribution in [0, 0.1) is 5.82 Å². The number of aliphatic hydroxyl groups is 1. The van der Waals surface area contributed by atoms with Crippen LogP contribution in [0.4, 0.5) is 4.39 Å². The SMILES string of the molecule is CCCCCc1ccc(-c2ccc(-c3cc(O)c(CCO)cc3O)c(F)c2)cc1. The number of halogens is 1. The predicted molar refractivity (Wildman–Crippen MR) is 115 cm³/mol. The summed E-state index contributed by atoms with van der Waals surface area (Å²) in [5.41, 5.74) is 3.83. The van der Waals surface area contributed by atoms with Crippen molar-refractivity contribution < 1.29 is 19.7 Å². The van der Waals surface area contributed by atoms with Crippen LogP contribution in [0.2, 0.25) is 0 Å². The van der Waals surface area contributed by atoms with Crippen molar-refractivity contribution in [1.29, 1.82) is 0 Å². The van der Waals surface area contributed by atoms with Gasteiger partial charge in [-0.15, -0.1) is 0 Å². The Kier molecular flexibility index (Phi) is 6.89. The smallest absolute Gasteiger partial charge is 0.131 e. The number of phenolic OH excluding ortho intramolecular Hbond substituents is 2. The van der Waals surface area contributed by atoms with Crippen molar-refractivity contribution in [2.45, 2.75) is 39.0 Å². The van der Waals surface area contributed by atoms with Gasteiger partial charge < -0.3 is 15.3 Å². The van der Waals surface area contributed by atoms with Crippen LogP contribution in [0.15, 0.2) is 54.6 Å². The van der Waals surface area contributed by atoms with E-state index in [2.05, 4.69) is 19.1 Å². The Bertz CT molecular complexity index is 965. The average molecular weight is 394 g/mol. The van der Waals surface area contributed by atoms with Gasteiger partial charge in [0.25, 0.3) is 0 Å². The Balaban J connectivity index is 1.85. The zero-order valence-corrected chi connectivity index (χ0v) is 16.7. The van der Waals surface area contributed by atoms with Crippen molar-refractivity contribution in [1.82, 2.24) is 0 Å². The first-order valence-corrected chi connectivity index (χ1v) is 10.1. The molecule has 0 aliphatic heterocycles. The zero-order valence-electron chi connectivity index (χ0n) is 16.7. The number of rotatable bonds is 8. The van der Waals surface area contributed by atoms with E-state index in [0.29, 0.717) is 5.56 Å². The Labute approximate surface area is 171 Å². The van der Waals surface area contributed by atoms with Gasteiger partial charge in [0.1, 0.15) is 17.3 Å². The minimum Gasteiger partial charge on any atom is -0.508 e. The highest BCUT2D eigenvalue weighted by Crippen LogP contribution is 2.37. The van der Waals surface area contributed by atoms with Crippen LogP contribution in [0.1, 0.15) is 37.3 Å². The van der Waals surface area contributed by atoms with E-state index >= 15 is 0 Å². The molecule has 3 aromatic rings. The van der Waals surface area contributed by atoms with Crippen LogP contribution in [0.25, 0.3) is 22.3 Å². The first kappa shape index (κ1) is 20.9. The predicted octanol–water partition coefficient (Wildman–Crippen LogP) is 5.84. The van der Waals surface area contributed by atoms with Crippen LogP contribution in [0.3, 0.4) is 0 Å². The van der Waals surface area contributed by atoms with Gasteiger partial charge >= 0.3 is 0 Å². The molecule has 3 N–H and O–H groups in total. The van der Waals surface area contributed by atoms with Crippen molar-refractivity contribution in [3.8, 4) is 33.8 Å². The summed E-state index contributed by atoms with van der Waals surface area (Å²) >= 11 is 0. The number of phenols is 2. The number of benzene rings is 3. The highest BCUT2D eigenvalue weighted by atomic mass is 19.1. The summed E-state index contributed by atoms with van der Waals surface area (Å²) in [4.78, 5) is 0. The molecule has 3 rings (SSSR count). The third kappa shape index (κ3) is 4.96. The fourth-order valence-corrected chi connectivity index (χ4v) is 3.51. The van der Waals surface area contributed by atoms with E-state index in [1.165, 1.54) is 43.0 Å². The van der Waals surface area contributed by atoms with E-state index in [9.17, 15) is 14.6 Å². The third-order valence-corrected chi connectivity index (χ3v) is 5.19. The molecule has 0 aliphatic carbocycles. The monoisotopic (exact) mass is 394 g/mol. The fraction of sp³-hybridized carbons (Fsp3) is 0.280. The van der Waals surface area contributed by atoms with Crippen molar-refractivity contribution in [3.05, 3.63) is 71.5 Å². The summed E-state index contributed by atoms with van der Waals surface area (Å²) in [7, 11) is 0. The van der Waals surface area contributed by atoms with Crippen molar-refractivity contribution in [3.63, 3.8) is 0 Å². The second-order valence-corrected chi connectivity index (χ2v) is 7.32. The van der Waals surface area contributed by atoms with E-state index in [-0.39, 0.29) is 35.7 Å². The lowest BCUT2D eigenvalue weighted by atomic mass is 9.96. The first-order valence-electron chi connectivity index (χ1n) is 10.1. The Morgan fingerprint density at radius 3 is 2.14 bits per heavy atom. The zero-order chi connectivity index (χ0) is 20.8. The number of hydrogen-bond acceptors (Lipinski definition) is 3. The van der Waals surface area contributed by atoms with Crippen LogP contribution >= 0.6 is 0 Å². The van der Waals surface area contributed by atoms with Crippen molar-refractivity contribution in [2.75, 3.05) is 6.61 Å². The summed E-state index contributed by atoms with van der Waals surface area (Å²) in [5, 5.41) is 29.4. The average Bonchev–Trinajstić information content (AvgIpc) is 2.72. The fourth-order valence-electron chi connectivity index (χ4n) is 3.51. The molecule has 3 aromatic carbocycles. The molecule has 0 amide bonds. The highest BCUT2D eigenvalue weighted by Gasteiger charge is 2.14. The van der Waals surface area contributed by atoms with E-state index in [0.717, 1.165) is 17.5 Å². The molecular formula is C25H27FO3. The molecule has 29 heavy (non-hydrogen) atoms.